The van der Waals surface area contributed by atoms with Gasteiger partial charge in [-0.1, -0.05) is 0 Å². The van der Waals surface area contributed by atoms with E-state index in [9.17, 15) is 4.79 Å². The molecule has 2 rings (SSSR count). The van der Waals surface area contributed by atoms with Gasteiger partial charge in [0.05, 0.1) is 27.4 Å². The zero-order valence-corrected chi connectivity index (χ0v) is 14.0. The summed E-state index contributed by atoms with van der Waals surface area (Å²) in [5, 5.41) is 0. The van der Waals surface area contributed by atoms with Gasteiger partial charge in [0.1, 0.15) is 0 Å². The van der Waals surface area contributed by atoms with Crippen LogP contribution in [0.2, 0.25) is 0 Å². The molecule has 1 fully saturated rings. The van der Waals surface area contributed by atoms with Crippen LogP contribution in [-0.2, 0) is 9.53 Å². The van der Waals surface area contributed by atoms with Crippen molar-refractivity contribution in [3.8, 4) is 17.2 Å². The molecule has 1 aliphatic heterocycles. The Balaban J connectivity index is 2.14. The fraction of sp³-hybridized carbons (Fsp3) is 0.471. The van der Waals surface area contributed by atoms with Crippen molar-refractivity contribution in [3.63, 3.8) is 0 Å². The van der Waals surface area contributed by atoms with Crippen molar-refractivity contribution in [1.82, 2.24) is 4.90 Å². The van der Waals surface area contributed by atoms with Crippen molar-refractivity contribution in [1.29, 1.82) is 0 Å². The van der Waals surface area contributed by atoms with Gasteiger partial charge < -0.3 is 23.8 Å². The Kier molecular flexibility index (Phi) is 5.87. The molecule has 6 heteroatoms. The molecule has 6 nitrogen and oxygen atoms in total. The maximum atomic E-state index is 12.2. The standard InChI is InChI=1S/C17H23NO5/c1-20-13-7-8-18(11-13)16(19)6-5-12-9-14(21-2)17(23-4)15(10-12)22-3/h5-6,9-10,13H,7-8,11H2,1-4H3/b6-5+. The van der Waals surface area contributed by atoms with Crippen LogP contribution >= 0.6 is 0 Å². The molecule has 0 aromatic heterocycles. The Labute approximate surface area is 136 Å². The summed E-state index contributed by atoms with van der Waals surface area (Å²) in [7, 11) is 6.35. The molecule has 126 valence electrons. The minimum Gasteiger partial charge on any atom is -0.493 e. The Morgan fingerprint density at radius 2 is 1.78 bits per heavy atom. The normalized spacial score (nSPS) is 17.6. The van der Waals surface area contributed by atoms with Gasteiger partial charge in [-0.3, -0.25) is 4.79 Å². The minimum atomic E-state index is -0.0294. The molecule has 0 N–H and O–H groups in total. The summed E-state index contributed by atoms with van der Waals surface area (Å²) in [6, 6.07) is 3.60. The number of hydrogen-bond donors (Lipinski definition) is 0. The van der Waals surface area contributed by atoms with Crippen LogP contribution in [0.5, 0.6) is 17.2 Å². The van der Waals surface area contributed by atoms with Crippen LogP contribution in [0.1, 0.15) is 12.0 Å². The molecular weight excluding hydrogens is 298 g/mol. The molecule has 1 saturated heterocycles. The molecular formula is C17H23NO5. The lowest BCUT2D eigenvalue weighted by Crippen LogP contribution is -2.28. The summed E-state index contributed by atoms with van der Waals surface area (Å²) in [6.45, 7) is 1.35. The van der Waals surface area contributed by atoms with E-state index < -0.39 is 0 Å². The Morgan fingerprint density at radius 1 is 1.13 bits per heavy atom. The van der Waals surface area contributed by atoms with Crippen LogP contribution in [-0.4, -0.2) is 58.4 Å². The number of hydrogen-bond acceptors (Lipinski definition) is 5. The van der Waals surface area contributed by atoms with E-state index in [1.165, 1.54) is 0 Å². The Hall–Kier alpha value is -2.21. The number of rotatable bonds is 6. The van der Waals surface area contributed by atoms with Crippen LogP contribution in [0.15, 0.2) is 18.2 Å². The third-order valence-electron chi connectivity index (χ3n) is 3.90. The Morgan fingerprint density at radius 3 is 2.26 bits per heavy atom. The van der Waals surface area contributed by atoms with Crippen LogP contribution in [0, 0.1) is 0 Å². The highest BCUT2D eigenvalue weighted by Crippen LogP contribution is 2.38. The molecule has 0 bridgehead atoms. The number of benzene rings is 1. The lowest BCUT2D eigenvalue weighted by molar-refractivity contribution is -0.125. The second kappa shape index (κ2) is 7.87. The van der Waals surface area contributed by atoms with E-state index in [1.807, 2.05) is 0 Å². The smallest absolute Gasteiger partial charge is 0.246 e. The van der Waals surface area contributed by atoms with Crippen LogP contribution < -0.4 is 14.2 Å². The molecule has 1 aromatic rings. The second-order valence-electron chi connectivity index (χ2n) is 5.22. The maximum absolute atomic E-state index is 12.2. The summed E-state index contributed by atoms with van der Waals surface area (Å²) in [5.41, 5.74) is 0.801. The molecule has 1 unspecified atom stereocenters. The predicted octanol–water partition coefficient (Wildman–Crippen LogP) is 1.97. The molecule has 0 saturated carbocycles. The van der Waals surface area contributed by atoms with E-state index >= 15 is 0 Å². The van der Waals surface area contributed by atoms with Crippen LogP contribution in [0.3, 0.4) is 0 Å². The van der Waals surface area contributed by atoms with Gasteiger partial charge in [0.15, 0.2) is 11.5 Å². The lowest BCUT2D eigenvalue weighted by atomic mass is 10.1. The number of methoxy groups -OCH3 is 4. The van der Waals surface area contributed by atoms with Crippen molar-refractivity contribution in [3.05, 3.63) is 23.8 Å². The van der Waals surface area contributed by atoms with E-state index in [0.717, 1.165) is 18.5 Å². The number of carbonyl (C=O) groups excluding carboxylic acids is 1. The molecule has 0 spiro atoms. The molecule has 23 heavy (non-hydrogen) atoms. The fourth-order valence-corrected chi connectivity index (χ4v) is 2.59. The minimum absolute atomic E-state index is 0.0294. The van der Waals surface area contributed by atoms with E-state index in [1.54, 1.807) is 57.6 Å². The summed E-state index contributed by atoms with van der Waals surface area (Å²) in [5.74, 6) is 1.61. The molecule has 1 amide bonds. The van der Waals surface area contributed by atoms with Gasteiger partial charge in [0, 0.05) is 26.3 Å². The highest BCUT2D eigenvalue weighted by Gasteiger charge is 2.24. The van der Waals surface area contributed by atoms with Crippen LogP contribution in [0.25, 0.3) is 6.08 Å². The third-order valence-corrected chi connectivity index (χ3v) is 3.90. The predicted molar refractivity (Wildman–Crippen MR) is 87.1 cm³/mol. The summed E-state index contributed by atoms with van der Waals surface area (Å²) in [6.07, 6.45) is 4.31. The van der Waals surface area contributed by atoms with Crippen LogP contribution in [0.4, 0.5) is 0 Å². The van der Waals surface area contributed by atoms with E-state index in [0.29, 0.717) is 23.8 Å². The third kappa shape index (κ3) is 3.96. The van der Waals surface area contributed by atoms with Gasteiger partial charge in [-0.25, -0.2) is 0 Å². The number of carbonyl (C=O) groups is 1. The fourth-order valence-electron chi connectivity index (χ4n) is 2.59. The van der Waals surface area contributed by atoms with Crippen molar-refractivity contribution < 1.29 is 23.7 Å². The SMILES string of the molecule is COc1cc(/C=C/C(=O)N2CCC(OC)C2)cc(OC)c1OC. The number of ether oxygens (including phenoxy) is 4. The average molecular weight is 321 g/mol. The van der Waals surface area contributed by atoms with Crippen molar-refractivity contribution in [2.45, 2.75) is 12.5 Å². The molecule has 0 radical (unpaired) electrons. The molecule has 1 heterocycles. The summed E-state index contributed by atoms with van der Waals surface area (Å²) in [4.78, 5) is 14.0. The van der Waals surface area contributed by atoms with Gasteiger partial charge >= 0.3 is 0 Å². The maximum Gasteiger partial charge on any atom is 0.246 e. The van der Waals surface area contributed by atoms with Crippen molar-refractivity contribution in [2.24, 2.45) is 0 Å². The highest BCUT2D eigenvalue weighted by atomic mass is 16.5. The largest absolute Gasteiger partial charge is 0.493 e. The number of likely N-dealkylation sites (tertiary alicyclic amines) is 1. The quantitative estimate of drug-likeness (QED) is 0.750. The molecule has 0 aliphatic carbocycles. The van der Waals surface area contributed by atoms with Gasteiger partial charge in [-0.15, -0.1) is 0 Å². The molecule has 1 aliphatic rings. The number of amides is 1. The monoisotopic (exact) mass is 321 g/mol. The van der Waals surface area contributed by atoms with E-state index in [4.69, 9.17) is 18.9 Å². The number of nitrogens with zero attached hydrogens (tertiary/aromatic N) is 1. The Bertz CT molecular complexity index is 559. The first-order valence-corrected chi connectivity index (χ1v) is 7.42. The molecule has 1 aromatic carbocycles. The average Bonchev–Trinajstić information content (AvgIpc) is 3.07. The highest BCUT2D eigenvalue weighted by molar-refractivity contribution is 5.92. The van der Waals surface area contributed by atoms with E-state index in [-0.39, 0.29) is 12.0 Å². The van der Waals surface area contributed by atoms with Gasteiger partial charge in [0.2, 0.25) is 11.7 Å². The van der Waals surface area contributed by atoms with Gasteiger partial charge in [0.25, 0.3) is 0 Å². The molecule has 1 atom stereocenters. The van der Waals surface area contributed by atoms with E-state index in [2.05, 4.69) is 0 Å². The van der Waals surface area contributed by atoms with Crippen molar-refractivity contribution >= 4 is 12.0 Å². The lowest BCUT2D eigenvalue weighted by Gasteiger charge is -2.14. The zero-order valence-electron chi connectivity index (χ0n) is 14.0. The second-order valence-corrected chi connectivity index (χ2v) is 5.22. The van der Waals surface area contributed by atoms with Crippen molar-refractivity contribution in [2.75, 3.05) is 41.5 Å². The summed E-state index contributed by atoms with van der Waals surface area (Å²) >= 11 is 0. The summed E-state index contributed by atoms with van der Waals surface area (Å²) < 4.78 is 21.2. The van der Waals surface area contributed by atoms with Gasteiger partial charge in [-0.05, 0) is 30.2 Å². The van der Waals surface area contributed by atoms with Gasteiger partial charge in [-0.2, -0.15) is 0 Å². The first-order chi connectivity index (χ1) is 11.1. The topological polar surface area (TPSA) is 57.2 Å². The zero-order chi connectivity index (χ0) is 16.8. The first kappa shape index (κ1) is 17.1. The first-order valence-electron chi connectivity index (χ1n) is 7.42.